The third kappa shape index (κ3) is 3.30. The molecule has 0 unspecified atom stereocenters. The molecule has 1 saturated carbocycles. The summed E-state index contributed by atoms with van der Waals surface area (Å²) in [7, 11) is 0. The number of hydrogen-bond acceptors (Lipinski definition) is 4. The van der Waals surface area contributed by atoms with Crippen LogP contribution in [0.3, 0.4) is 0 Å². The highest BCUT2D eigenvalue weighted by atomic mass is 32.2. The van der Waals surface area contributed by atoms with Gasteiger partial charge in [0, 0.05) is 11.4 Å². The molecule has 4 rings (SSSR count). The van der Waals surface area contributed by atoms with Gasteiger partial charge in [0.1, 0.15) is 0 Å². The normalized spacial score (nSPS) is 20.5. The van der Waals surface area contributed by atoms with E-state index in [0.717, 1.165) is 22.7 Å². The summed E-state index contributed by atoms with van der Waals surface area (Å²) in [5.41, 5.74) is 3.09. The smallest absolute Gasteiger partial charge is 0.230 e. The first-order valence-electron chi connectivity index (χ1n) is 9.29. The van der Waals surface area contributed by atoms with Crippen molar-refractivity contribution >= 4 is 34.2 Å². The van der Waals surface area contributed by atoms with Crippen molar-refractivity contribution in [3.63, 3.8) is 0 Å². The van der Waals surface area contributed by atoms with E-state index in [1.807, 2.05) is 22.6 Å². The maximum atomic E-state index is 12.4. The first-order chi connectivity index (χ1) is 12.6. The monoisotopic (exact) mass is 368 g/mol. The summed E-state index contributed by atoms with van der Waals surface area (Å²) in [6.45, 7) is 4.32. The molecule has 0 saturated heterocycles. The van der Waals surface area contributed by atoms with Crippen LogP contribution < -0.4 is 5.32 Å². The SMILES string of the molecule is Cc1cc2nnc(SCC(=O)N[C@@H]3CCCC[C@@H]3C)n2c2ccccc12. The number of pyridine rings is 1. The fourth-order valence-corrected chi connectivity index (χ4v) is 4.64. The lowest BCUT2D eigenvalue weighted by molar-refractivity contribution is -0.119. The molecule has 2 aromatic heterocycles. The molecule has 1 aromatic carbocycles. The number of aromatic nitrogens is 3. The number of para-hydroxylation sites is 1. The Morgan fingerprint density at radius 1 is 1.27 bits per heavy atom. The van der Waals surface area contributed by atoms with Gasteiger partial charge < -0.3 is 5.32 Å². The minimum atomic E-state index is 0.0851. The molecule has 0 bridgehead atoms. The number of hydrogen-bond donors (Lipinski definition) is 1. The van der Waals surface area contributed by atoms with Crippen molar-refractivity contribution in [3.05, 3.63) is 35.9 Å². The van der Waals surface area contributed by atoms with E-state index in [0.29, 0.717) is 17.7 Å². The topological polar surface area (TPSA) is 59.3 Å². The number of fused-ring (bicyclic) bond motifs is 3. The van der Waals surface area contributed by atoms with E-state index in [-0.39, 0.29) is 5.91 Å². The van der Waals surface area contributed by atoms with E-state index in [2.05, 4.69) is 41.5 Å². The highest BCUT2D eigenvalue weighted by Crippen LogP contribution is 2.26. The maximum Gasteiger partial charge on any atom is 0.230 e. The average Bonchev–Trinajstić information content (AvgIpc) is 3.05. The zero-order valence-electron chi connectivity index (χ0n) is 15.2. The molecule has 5 nitrogen and oxygen atoms in total. The van der Waals surface area contributed by atoms with Crippen LogP contribution in [0.5, 0.6) is 0 Å². The molecular weight excluding hydrogens is 344 g/mol. The number of thioether (sulfide) groups is 1. The highest BCUT2D eigenvalue weighted by molar-refractivity contribution is 7.99. The molecule has 6 heteroatoms. The Morgan fingerprint density at radius 2 is 2.08 bits per heavy atom. The van der Waals surface area contributed by atoms with Crippen LogP contribution in [-0.4, -0.2) is 32.3 Å². The van der Waals surface area contributed by atoms with E-state index >= 15 is 0 Å². The van der Waals surface area contributed by atoms with E-state index in [1.165, 1.54) is 42.0 Å². The quantitative estimate of drug-likeness (QED) is 0.708. The van der Waals surface area contributed by atoms with Gasteiger partial charge in [-0.3, -0.25) is 9.20 Å². The molecule has 0 radical (unpaired) electrons. The van der Waals surface area contributed by atoms with Gasteiger partial charge in [-0.1, -0.05) is 49.7 Å². The minimum Gasteiger partial charge on any atom is -0.352 e. The zero-order valence-corrected chi connectivity index (χ0v) is 16.1. The zero-order chi connectivity index (χ0) is 18.1. The van der Waals surface area contributed by atoms with Crippen molar-refractivity contribution < 1.29 is 4.79 Å². The van der Waals surface area contributed by atoms with Crippen molar-refractivity contribution in [1.82, 2.24) is 19.9 Å². The number of carbonyl (C=O) groups excluding carboxylic acids is 1. The maximum absolute atomic E-state index is 12.4. The van der Waals surface area contributed by atoms with Crippen LogP contribution in [0.15, 0.2) is 35.5 Å². The lowest BCUT2D eigenvalue weighted by Gasteiger charge is -2.29. The van der Waals surface area contributed by atoms with Crippen LogP contribution >= 0.6 is 11.8 Å². The molecule has 1 aliphatic rings. The molecule has 2 atom stereocenters. The molecule has 1 amide bonds. The molecule has 0 spiro atoms. The molecule has 26 heavy (non-hydrogen) atoms. The molecule has 1 aliphatic carbocycles. The number of amides is 1. The lowest BCUT2D eigenvalue weighted by atomic mass is 9.86. The molecule has 136 valence electrons. The second-order valence-electron chi connectivity index (χ2n) is 7.25. The Labute approximate surface area is 157 Å². The van der Waals surface area contributed by atoms with Gasteiger partial charge >= 0.3 is 0 Å². The van der Waals surface area contributed by atoms with E-state index in [9.17, 15) is 4.79 Å². The fourth-order valence-electron chi connectivity index (χ4n) is 3.88. The summed E-state index contributed by atoms with van der Waals surface area (Å²) in [5, 5.41) is 13.8. The summed E-state index contributed by atoms with van der Waals surface area (Å²) in [6.07, 6.45) is 4.79. The van der Waals surface area contributed by atoms with Crippen molar-refractivity contribution in [2.75, 3.05) is 5.75 Å². The molecule has 2 heterocycles. The number of benzene rings is 1. The second-order valence-corrected chi connectivity index (χ2v) is 8.19. The Morgan fingerprint density at radius 3 is 2.92 bits per heavy atom. The van der Waals surface area contributed by atoms with Gasteiger partial charge in [0.25, 0.3) is 0 Å². The molecule has 3 aromatic rings. The standard InChI is InChI=1S/C20H24N4OS/c1-13-7-3-5-9-16(13)21-19(25)12-26-20-23-22-18-11-14(2)15-8-4-6-10-17(15)24(18)20/h4,6,8,10-11,13,16H,3,5,7,9,12H2,1-2H3,(H,21,25)/t13-,16+/m0/s1. The third-order valence-electron chi connectivity index (χ3n) is 5.36. The summed E-state index contributed by atoms with van der Waals surface area (Å²) in [5.74, 6) is 1.02. The van der Waals surface area contributed by atoms with Gasteiger partial charge in [-0.15, -0.1) is 10.2 Å². The molecular formula is C20H24N4OS. The number of carbonyl (C=O) groups is 1. The van der Waals surface area contributed by atoms with Crippen LogP contribution in [-0.2, 0) is 4.79 Å². The number of nitrogens with one attached hydrogen (secondary N) is 1. The molecule has 1 N–H and O–H groups in total. The fraction of sp³-hybridized carbons (Fsp3) is 0.450. The number of nitrogens with zero attached hydrogens (tertiary/aromatic N) is 3. The van der Waals surface area contributed by atoms with Crippen LogP contribution in [0, 0.1) is 12.8 Å². The first-order valence-corrected chi connectivity index (χ1v) is 10.3. The van der Waals surface area contributed by atoms with Crippen LogP contribution in [0.2, 0.25) is 0 Å². The van der Waals surface area contributed by atoms with Crippen molar-refractivity contribution in [2.24, 2.45) is 5.92 Å². The average molecular weight is 369 g/mol. The second kappa shape index (κ2) is 7.27. The Bertz CT molecular complexity index is 952. The first kappa shape index (κ1) is 17.3. The van der Waals surface area contributed by atoms with Gasteiger partial charge in [0.2, 0.25) is 5.91 Å². The highest BCUT2D eigenvalue weighted by Gasteiger charge is 2.23. The summed E-state index contributed by atoms with van der Waals surface area (Å²) < 4.78 is 2.05. The molecule has 0 aliphatic heterocycles. The predicted molar refractivity (Wildman–Crippen MR) is 106 cm³/mol. The predicted octanol–water partition coefficient (Wildman–Crippen LogP) is 3.98. The summed E-state index contributed by atoms with van der Waals surface area (Å²) in [6, 6.07) is 10.6. The van der Waals surface area contributed by atoms with E-state index in [4.69, 9.17) is 0 Å². The largest absolute Gasteiger partial charge is 0.352 e. The van der Waals surface area contributed by atoms with Crippen LogP contribution in [0.1, 0.15) is 38.2 Å². The van der Waals surface area contributed by atoms with Crippen molar-refractivity contribution in [1.29, 1.82) is 0 Å². The van der Waals surface area contributed by atoms with E-state index in [1.54, 1.807) is 0 Å². The van der Waals surface area contributed by atoms with Gasteiger partial charge in [-0.25, -0.2) is 0 Å². The third-order valence-corrected chi connectivity index (χ3v) is 6.29. The van der Waals surface area contributed by atoms with Gasteiger partial charge in [-0.2, -0.15) is 0 Å². The Balaban J connectivity index is 1.52. The number of rotatable bonds is 4. The number of aryl methyl sites for hydroxylation is 1. The summed E-state index contributed by atoms with van der Waals surface area (Å²) >= 11 is 1.45. The van der Waals surface area contributed by atoms with Gasteiger partial charge in [0.15, 0.2) is 10.8 Å². The van der Waals surface area contributed by atoms with Crippen molar-refractivity contribution in [2.45, 2.75) is 50.7 Å². The lowest BCUT2D eigenvalue weighted by Crippen LogP contribution is -2.41. The molecule has 1 fully saturated rings. The van der Waals surface area contributed by atoms with Crippen molar-refractivity contribution in [3.8, 4) is 0 Å². The van der Waals surface area contributed by atoms with Gasteiger partial charge in [-0.05, 0) is 43.4 Å². The van der Waals surface area contributed by atoms with E-state index < -0.39 is 0 Å². The van der Waals surface area contributed by atoms with Crippen LogP contribution in [0.4, 0.5) is 0 Å². The minimum absolute atomic E-state index is 0.0851. The van der Waals surface area contributed by atoms with Gasteiger partial charge in [0.05, 0.1) is 11.3 Å². The Hall–Kier alpha value is -2.08. The van der Waals surface area contributed by atoms with Crippen LogP contribution in [0.25, 0.3) is 16.6 Å². The Kier molecular flexibility index (Phi) is 4.85. The summed E-state index contributed by atoms with van der Waals surface area (Å²) in [4.78, 5) is 12.4.